The van der Waals surface area contributed by atoms with Gasteiger partial charge in [-0.3, -0.25) is 43.2 Å². The molecule has 20 heteroatoms. The van der Waals surface area contributed by atoms with Crippen molar-refractivity contribution in [2.75, 3.05) is 19.8 Å². The van der Waals surface area contributed by atoms with Gasteiger partial charge in [-0.05, 0) is 6.42 Å². The number of ether oxygens (including phenoxy) is 10. The van der Waals surface area contributed by atoms with E-state index in [2.05, 4.69) is 12.2 Å². The first-order valence-corrected chi connectivity index (χ1v) is 22.2. The molecule has 1 fully saturated rings. The summed E-state index contributed by atoms with van der Waals surface area (Å²) in [5, 5.41) is 2.68. The number of nitrogens with one attached hydrogen (secondary N) is 1. The molecule has 0 aromatic heterocycles. The first-order valence-electron chi connectivity index (χ1n) is 22.2. The lowest BCUT2D eigenvalue weighted by Crippen LogP contribution is -2.65. The van der Waals surface area contributed by atoms with Crippen LogP contribution in [-0.2, 0) is 90.5 Å². The van der Waals surface area contributed by atoms with E-state index in [1.807, 2.05) is 0 Å². The van der Waals surface area contributed by atoms with Crippen molar-refractivity contribution < 1.29 is 90.5 Å². The summed E-state index contributed by atoms with van der Waals surface area (Å²) < 4.78 is 55.6. The van der Waals surface area contributed by atoms with Crippen LogP contribution in [-0.4, -0.2) is 129 Å². The summed E-state index contributed by atoms with van der Waals surface area (Å²) in [6.45, 7) is 8.90. The van der Waals surface area contributed by atoms with Crippen LogP contribution in [0.5, 0.6) is 0 Å². The van der Waals surface area contributed by atoms with Crippen LogP contribution >= 0.6 is 0 Å². The number of hydrogen-bond acceptors (Lipinski definition) is 19. The average Bonchev–Trinajstić information content (AvgIpc) is 3.18. The molecule has 9 atom stereocenters. The zero-order valence-electron chi connectivity index (χ0n) is 39.0. The van der Waals surface area contributed by atoms with Gasteiger partial charge in [0.25, 0.3) is 5.91 Å². The van der Waals surface area contributed by atoms with Crippen molar-refractivity contribution in [3.05, 3.63) is 0 Å². The Kier molecular flexibility index (Phi) is 28.5. The summed E-state index contributed by atoms with van der Waals surface area (Å²) in [6, 6.07) is 0. The number of carbonyl (C=O) groups excluding carboxylic acids is 9. The van der Waals surface area contributed by atoms with Crippen LogP contribution in [0.4, 0.5) is 0 Å². The molecule has 0 aliphatic carbocycles. The quantitative estimate of drug-likeness (QED) is 0.0574. The maximum absolute atomic E-state index is 14.0. The lowest BCUT2D eigenvalue weighted by molar-refractivity contribution is -0.331. The van der Waals surface area contributed by atoms with Crippen LogP contribution in [0.2, 0.25) is 0 Å². The minimum atomic E-state index is -2.04. The molecule has 1 amide bonds. The van der Waals surface area contributed by atoms with Crippen molar-refractivity contribution in [1.29, 1.82) is 0 Å². The highest BCUT2D eigenvalue weighted by Crippen LogP contribution is 2.33. The van der Waals surface area contributed by atoms with E-state index in [1.165, 1.54) is 51.4 Å². The van der Waals surface area contributed by atoms with Gasteiger partial charge in [-0.25, -0.2) is 0 Å². The average molecular weight is 918 g/mol. The molecule has 1 aliphatic rings. The second-order valence-corrected chi connectivity index (χ2v) is 15.6. The predicted molar refractivity (Wildman–Crippen MR) is 223 cm³/mol. The molecule has 0 radical (unpaired) electrons. The Bertz CT molecular complexity index is 1500. The fourth-order valence-electron chi connectivity index (χ4n) is 7.01. The van der Waals surface area contributed by atoms with Gasteiger partial charge in [0, 0.05) is 61.9 Å². The normalized spacial score (nSPS) is 19.9. The van der Waals surface area contributed by atoms with Gasteiger partial charge in [0.1, 0.15) is 25.4 Å². The zero-order valence-corrected chi connectivity index (χ0v) is 39.0. The SMILES string of the molecule is CCCCCCCCCCCCCCCCNC(=O)[C@H](OC(C)=O)[C@@H](OC(C)=O)[C@H](O[C@@H]1O[C@H](COC(C)=O)[C@H](OC(C)=O)[C@H](OC(C)=O)[C@H]1OC(C)=O)[C@@H](COC(C)=O)OC(C)=O. The number of amides is 1. The Morgan fingerprint density at radius 1 is 0.484 bits per heavy atom. The van der Waals surface area contributed by atoms with E-state index < -0.39 is 122 Å². The second-order valence-electron chi connectivity index (χ2n) is 15.6. The molecule has 64 heavy (non-hydrogen) atoms. The predicted octanol–water partition coefficient (Wildman–Crippen LogP) is 4.41. The lowest BCUT2D eigenvalue weighted by Gasteiger charge is -2.46. The van der Waals surface area contributed by atoms with Crippen molar-refractivity contribution in [3.63, 3.8) is 0 Å². The fraction of sp³-hybridized carbons (Fsp3) is 0.795. The van der Waals surface area contributed by atoms with Crippen LogP contribution in [0.15, 0.2) is 0 Å². The molecule has 1 saturated heterocycles. The first-order chi connectivity index (χ1) is 30.3. The maximum Gasteiger partial charge on any atom is 0.303 e. The second kappa shape index (κ2) is 31.9. The minimum absolute atomic E-state index is 0.119. The molecule has 0 aromatic rings. The molecule has 0 aromatic carbocycles. The maximum atomic E-state index is 14.0. The molecule has 1 aliphatic heterocycles. The Morgan fingerprint density at radius 3 is 1.39 bits per heavy atom. The molecular weight excluding hydrogens is 846 g/mol. The number of carbonyl (C=O) groups is 9. The summed E-state index contributed by atoms with van der Waals surface area (Å²) in [5.41, 5.74) is 0. The molecule has 1 rings (SSSR count). The van der Waals surface area contributed by atoms with Crippen molar-refractivity contribution in [3.8, 4) is 0 Å². The van der Waals surface area contributed by atoms with E-state index in [9.17, 15) is 43.2 Å². The molecular formula is C44H71NO19. The van der Waals surface area contributed by atoms with E-state index >= 15 is 0 Å². The van der Waals surface area contributed by atoms with Crippen molar-refractivity contribution in [2.45, 2.75) is 207 Å². The summed E-state index contributed by atoms with van der Waals surface area (Å²) in [5.74, 6) is -8.54. The first kappa shape index (κ1) is 57.2. The molecule has 20 nitrogen and oxygen atoms in total. The fourth-order valence-corrected chi connectivity index (χ4v) is 7.01. The Hall–Kier alpha value is -4.85. The summed E-state index contributed by atoms with van der Waals surface area (Å²) in [4.78, 5) is 113. The molecule has 1 N–H and O–H groups in total. The van der Waals surface area contributed by atoms with E-state index in [-0.39, 0.29) is 6.54 Å². The van der Waals surface area contributed by atoms with Gasteiger partial charge in [0.2, 0.25) is 6.10 Å². The highest BCUT2D eigenvalue weighted by atomic mass is 16.8. The van der Waals surface area contributed by atoms with Crippen molar-refractivity contribution in [1.82, 2.24) is 5.32 Å². The summed E-state index contributed by atoms with van der Waals surface area (Å²) in [7, 11) is 0. The van der Waals surface area contributed by atoms with E-state index in [1.54, 1.807) is 0 Å². The lowest BCUT2D eigenvalue weighted by atomic mass is 9.97. The van der Waals surface area contributed by atoms with Crippen LogP contribution in [0, 0.1) is 0 Å². The van der Waals surface area contributed by atoms with Crippen LogP contribution in [0.1, 0.15) is 152 Å². The van der Waals surface area contributed by atoms with Crippen LogP contribution in [0.25, 0.3) is 0 Å². The third kappa shape index (κ3) is 24.3. The largest absolute Gasteiger partial charge is 0.463 e. The molecule has 0 saturated carbocycles. The van der Waals surface area contributed by atoms with Gasteiger partial charge in [-0.15, -0.1) is 0 Å². The molecule has 0 bridgehead atoms. The van der Waals surface area contributed by atoms with Crippen molar-refractivity contribution in [2.24, 2.45) is 0 Å². The minimum Gasteiger partial charge on any atom is -0.463 e. The van der Waals surface area contributed by atoms with Gasteiger partial charge in [-0.1, -0.05) is 90.4 Å². The van der Waals surface area contributed by atoms with Gasteiger partial charge < -0.3 is 52.7 Å². The zero-order chi connectivity index (χ0) is 48.2. The number of rotatable bonds is 31. The van der Waals surface area contributed by atoms with Crippen LogP contribution in [0.3, 0.4) is 0 Å². The third-order valence-corrected chi connectivity index (χ3v) is 9.68. The third-order valence-electron chi connectivity index (χ3n) is 9.68. The highest BCUT2D eigenvalue weighted by Gasteiger charge is 2.56. The molecule has 0 unspecified atom stereocenters. The highest BCUT2D eigenvalue weighted by molar-refractivity contribution is 5.84. The van der Waals surface area contributed by atoms with E-state index in [0.717, 1.165) is 87.5 Å². The Labute approximate surface area is 376 Å². The monoisotopic (exact) mass is 917 g/mol. The smallest absolute Gasteiger partial charge is 0.303 e. The van der Waals surface area contributed by atoms with Gasteiger partial charge >= 0.3 is 47.8 Å². The summed E-state index contributed by atoms with van der Waals surface area (Å²) >= 11 is 0. The topological polar surface area (TPSA) is 258 Å². The summed E-state index contributed by atoms with van der Waals surface area (Å²) in [6.07, 6.45) is -1.00. The standard InChI is InChI=1S/C44H71NO19/c1-10-11-12-13-14-15-16-17-18-19-20-21-22-23-24-45-43(54)41(61-33(8)52)39(59-31(6)50)38(35(57-29(4)48)25-55-27(2)46)64-44-42(62-34(9)53)40(60-32(7)51)37(58-30(5)49)36(63-44)26-56-28(3)47/h35-42,44H,10-26H2,1-9H3,(H,45,54)/t35-,36-,37+,38-,39+,40+,41-,42-,44+/m1/s1. The van der Waals surface area contributed by atoms with Gasteiger partial charge in [0.15, 0.2) is 36.8 Å². The molecule has 366 valence electrons. The van der Waals surface area contributed by atoms with Gasteiger partial charge in [-0.2, -0.15) is 0 Å². The Morgan fingerprint density at radius 2 is 0.938 bits per heavy atom. The van der Waals surface area contributed by atoms with Gasteiger partial charge in [0.05, 0.1) is 0 Å². The van der Waals surface area contributed by atoms with E-state index in [0.29, 0.717) is 6.42 Å². The number of hydrogen-bond donors (Lipinski definition) is 1. The number of esters is 8. The molecule has 0 spiro atoms. The van der Waals surface area contributed by atoms with Crippen molar-refractivity contribution >= 4 is 53.7 Å². The Balaban J connectivity index is 3.58. The number of unbranched alkanes of at least 4 members (excludes halogenated alkanes) is 13. The molecule has 1 heterocycles. The van der Waals surface area contributed by atoms with Crippen LogP contribution < -0.4 is 5.32 Å². The van der Waals surface area contributed by atoms with E-state index in [4.69, 9.17) is 47.4 Å².